The second kappa shape index (κ2) is 4.80. The number of aromatic nitrogens is 3. The van der Waals surface area contributed by atoms with E-state index in [0.29, 0.717) is 11.1 Å². The first-order valence-electron chi connectivity index (χ1n) is 5.01. The van der Waals surface area contributed by atoms with Gasteiger partial charge < -0.3 is 5.11 Å². The molecule has 0 aliphatic heterocycles. The zero-order valence-electron chi connectivity index (χ0n) is 9.09. The van der Waals surface area contributed by atoms with Crippen LogP contribution in [0.15, 0.2) is 23.2 Å². The van der Waals surface area contributed by atoms with E-state index in [1.54, 1.807) is 25.5 Å². The number of carbonyl (C=O) groups is 1. The van der Waals surface area contributed by atoms with Gasteiger partial charge in [-0.15, -0.1) is 0 Å². The van der Waals surface area contributed by atoms with E-state index in [0.717, 1.165) is 11.3 Å². The molecule has 0 aliphatic rings. The summed E-state index contributed by atoms with van der Waals surface area (Å²) in [4.78, 5) is 18.9. The van der Waals surface area contributed by atoms with Crippen LogP contribution >= 0.6 is 15.9 Å². The summed E-state index contributed by atoms with van der Waals surface area (Å²) in [6.07, 6.45) is 5.14. The molecule has 2 aromatic rings. The molecule has 2 aromatic heterocycles. The first-order chi connectivity index (χ1) is 8.08. The number of aliphatic carboxylic acids is 1. The van der Waals surface area contributed by atoms with Crippen molar-refractivity contribution >= 4 is 27.5 Å². The summed E-state index contributed by atoms with van der Waals surface area (Å²) in [6.45, 7) is 2.04. The monoisotopic (exact) mass is 298 g/mol. The fraction of sp³-hybridized carbons (Fsp3) is 0.300. The van der Waals surface area contributed by atoms with Crippen LogP contribution in [0.25, 0.3) is 5.65 Å². The number of nitrogens with zero attached hydrogens (tertiary/aromatic N) is 3. The third-order valence-corrected chi connectivity index (χ3v) is 2.81. The number of halogens is 1. The summed E-state index contributed by atoms with van der Waals surface area (Å²) in [5.41, 5.74) is 1.61. The number of fused-ring (bicyclic) bond motifs is 1. The molecular weight excluding hydrogens is 288 g/mol. The molecule has 7 heteroatoms. The third kappa shape index (κ3) is 2.62. The second-order valence-electron chi connectivity index (χ2n) is 3.63. The van der Waals surface area contributed by atoms with Crippen molar-refractivity contribution in [1.82, 2.24) is 19.7 Å². The highest BCUT2D eigenvalue weighted by Gasteiger charge is 2.11. The van der Waals surface area contributed by atoms with E-state index >= 15 is 0 Å². The van der Waals surface area contributed by atoms with Crippen molar-refractivity contribution in [1.29, 1.82) is 0 Å². The first-order valence-corrected chi connectivity index (χ1v) is 5.81. The minimum Gasteiger partial charge on any atom is -0.480 e. The number of rotatable bonds is 4. The average molecular weight is 299 g/mol. The Balaban J connectivity index is 2.19. The lowest BCUT2D eigenvalue weighted by Gasteiger charge is -2.08. The van der Waals surface area contributed by atoms with Gasteiger partial charge in [0.05, 0.1) is 18.1 Å². The van der Waals surface area contributed by atoms with Gasteiger partial charge in [0.2, 0.25) is 0 Å². The molecule has 0 amide bonds. The summed E-state index contributed by atoms with van der Waals surface area (Å²) in [7, 11) is 0. The predicted octanol–water partition coefficient (Wildman–Crippen LogP) is 1.05. The number of hydrogen-bond donors (Lipinski definition) is 2. The third-order valence-electron chi connectivity index (χ3n) is 2.40. The molecule has 0 spiro atoms. The van der Waals surface area contributed by atoms with Gasteiger partial charge in [0, 0.05) is 12.7 Å². The van der Waals surface area contributed by atoms with Crippen LogP contribution in [-0.4, -0.2) is 31.5 Å². The SMILES string of the molecule is CC(NCc1cnc2cnc(Br)cn12)C(=O)O. The van der Waals surface area contributed by atoms with E-state index in [9.17, 15) is 4.79 Å². The number of nitrogens with one attached hydrogen (secondary N) is 1. The van der Waals surface area contributed by atoms with Gasteiger partial charge in [0.25, 0.3) is 0 Å². The molecule has 0 radical (unpaired) electrons. The van der Waals surface area contributed by atoms with E-state index in [2.05, 4.69) is 31.2 Å². The number of imidazole rings is 1. The molecule has 0 aliphatic carbocycles. The van der Waals surface area contributed by atoms with E-state index in [-0.39, 0.29) is 0 Å². The molecule has 2 N–H and O–H groups in total. The Bertz CT molecular complexity index is 554. The molecule has 90 valence electrons. The Hall–Kier alpha value is -1.47. The summed E-state index contributed by atoms with van der Waals surface area (Å²) >= 11 is 3.28. The predicted molar refractivity (Wildman–Crippen MR) is 64.6 cm³/mol. The smallest absolute Gasteiger partial charge is 0.320 e. The van der Waals surface area contributed by atoms with Crippen LogP contribution in [0.5, 0.6) is 0 Å². The van der Waals surface area contributed by atoms with E-state index in [4.69, 9.17) is 5.11 Å². The highest BCUT2D eigenvalue weighted by molar-refractivity contribution is 9.10. The minimum absolute atomic E-state index is 0.436. The molecule has 1 atom stereocenters. The summed E-state index contributed by atoms with van der Waals surface area (Å²) in [5, 5.41) is 11.7. The molecule has 17 heavy (non-hydrogen) atoms. The highest BCUT2D eigenvalue weighted by atomic mass is 79.9. The quantitative estimate of drug-likeness (QED) is 0.882. The highest BCUT2D eigenvalue weighted by Crippen LogP contribution is 2.10. The van der Waals surface area contributed by atoms with Crippen LogP contribution in [0.1, 0.15) is 12.6 Å². The van der Waals surface area contributed by atoms with E-state index in [1.807, 2.05) is 4.40 Å². The number of hydrogen-bond acceptors (Lipinski definition) is 4. The van der Waals surface area contributed by atoms with Crippen LogP contribution in [0.3, 0.4) is 0 Å². The second-order valence-corrected chi connectivity index (χ2v) is 4.44. The maximum atomic E-state index is 10.7. The topological polar surface area (TPSA) is 79.5 Å². The molecule has 0 saturated carbocycles. The van der Waals surface area contributed by atoms with Gasteiger partial charge in [-0.1, -0.05) is 0 Å². The van der Waals surface area contributed by atoms with Crippen molar-refractivity contribution in [3.63, 3.8) is 0 Å². The Labute approximate surface area is 106 Å². The first kappa shape index (κ1) is 12.0. The van der Waals surface area contributed by atoms with Gasteiger partial charge in [-0.05, 0) is 22.9 Å². The maximum Gasteiger partial charge on any atom is 0.320 e. The molecule has 0 bridgehead atoms. The average Bonchev–Trinajstić information content (AvgIpc) is 2.68. The van der Waals surface area contributed by atoms with Crippen LogP contribution in [-0.2, 0) is 11.3 Å². The van der Waals surface area contributed by atoms with E-state index < -0.39 is 12.0 Å². The fourth-order valence-electron chi connectivity index (χ4n) is 1.39. The largest absolute Gasteiger partial charge is 0.480 e. The molecule has 2 rings (SSSR count). The van der Waals surface area contributed by atoms with Crippen LogP contribution in [0.4, 0.5) is 0 Å². The zero-order chi connectivity index (χ0) is 12.4. The molecule has 1 unspecified atom stereocenters. The zero-order valence-corrected chi connectivity index (χ0v) is 10.7. The van der Waals surface area contributed by atoms with Crippen LogP contribution < -0.4 is 5.32 Å². The molecule has 0 saturated heterocycles. The maximum absolute atomic E-state index is 10.7. The summed E-state index contributed by atoms with van der Waals surface area (Å²) in [5.74, 6) is -0.873. The van der Waals surface area contributed by atoms with Crippen molar-refractivity contribution in [2.24, 2.45) is 0 Å². The molecule has 2 heterocycles. The lowest BCUT2D eigenvalue weighted by molar-refractivity contribution is -0.139. The number of carboxylic acids is 1. The van der Waals surface area contributed by atoms with Gasteiger partial charge in [-0.25, -0.2) is 9.97 Å². The molecule has 0 fully saturated rings. The molecule has 0 aromatic carbocycles. The molecular formula is C10H11BrN4O2. The minimum atomic E-state index is -0.873. The van der Waals surface area contributed by atoms with Crippen molar-refractivity contribution in [2.45, 2.75) is 19.5 Å². The lowest BCUT2D eigenvalue weighted by Crippen LogP contribution is -2.33. The van der Waals surface area contributed by atoms with Gasteiger partial charge in [0.1, 0.15) is 10.6 Å². The Morgan fingerprint density at radius 2 is 2.35 bits per heavy atom. The Morgan fingerprint density at radius 1 is 1.59 bits per heavy atom. The fourth-order valence-corrected chi connectivity index (χ4v) is 1.70. The van der Waals surface area contributed by atoms with Gasteiger partial charge in [-0.3, -0.25) is 14.5 Å². The van der Waals surface area contributed by atoms with Gasteiger partial charge in [0.15, 0.2) is 5.65 Å². The van der Waals surface area contributed by atoms with Crippen molar-refractivity contribution in [3.8, 4) is 0 Å². The summed E-state index contributed by atoms with van der Waals surface area (Å²) in [6, 6.07) is -0.592. The Kier molecular flexibility index (Phi) is 3.39. The molecule has 6 nitrogen and oxygen atoms in total. The van der Waals surface area contributed by atoms with Gasteiger partial charge >= 0.3 is 5.97 Å². The van der Waals surface area contributed by atoms with Crippen LogP contribution in [0, 0.1) is 0 Å². The van der Waals surface area contributed by atoms with Crippen molar-refractivity contribution < 1.29 is 9.90 Å². The summed E-state index contributed by atoms with van der Waals surface area (Å²) < 4.78 is 2.56. The van der Waals surface area contributed by atoms with Crippen LogP contribution in [0.2, 0.25) is 0 Å². The Morgan fingerprint density at radius 3 is 3.06 bits per heavy atom. The van der Waals surface area contributed by atoms with Crippen molar-refractivity contribution in [3.05, 3.63) is 28.9 Å². The standard InChI is InChI=1S/C10H11BrN4O2/c1-6(10(16)17)12-2-7-3-14-9-4-13-8(11)5-15(7)9/h3-6,12H,2H2,1H3,(H,16,17). The van der Waals surface area contributed by atoms with Crippen molar-refractivity contribution in [2.75, 3.05) is 0 Å². The number of carboxylic acid groups (broad SMARTS) is 1. The lowest BCUT2D eigenvalue weighted by atomic mass is 10.3. The van der Waals surface area contributed by atoms with E-state index in [1.165, 1.54) is 0 Å². The van der Waals surface area contributed by atoms with Gasteiger partial charge in [-0.2, -0.15) is 0 Å². The normalized spacial score (nSPS) is 12.8.